The first-order chi connectivity index (χ1) is 11.7. The second-order valence-corrected chi connectivity index (χ2v) is 6.48. The number of unbranched alkanes of at least 4 members (excludes halogenated alkanes) is 1. The van der Waals surface area contributed by atoms with Gasteiger partial charge in [-0.25, -0.2) is 5.43 Å². The van der Waals surface area contributed by atoms with E-state index in [-0.39, 0.29) is 5.91 Å². The summed E-state index contributed by atoms with van der Waals surface area (Å²) in [5.41, 5.74) is 5.17. The van der Waals surface area contributed by atoms with Crippen molar-refractivity contribution < 1.29 is 9.53 Å². The van der Waals surface area contributed by atoms with Gasteiger partial charge in [-0.2, -0.15) is 5.10 Å². The molecule has 0 aliphatic heterocycles. The van der Waals surface area contributed by atoms with E-state index in [2.05, 4.69) is 40.0 Å². The Hall–Kier alpha value is -1.89. The highest BCUT2D eigenvalue weighted by molar-refractivity contribution is 14.1. The van der Waals surface area contributed by atoms with Crippen LogP contribution < -0.4 is 10.2 Å². The van der Waals surface area contributed by atoms with Gasteiger partial charge in [0.15, 0.2) is 0 Å². The lowest BCUT2D eigenvalue weighted by molar-refractivity contribution is 0.0954. The van der Waals surface area contributed by atoms with Gasteiger partial charge < -0.3 is 4.74 Å². The van der Waals surface area contributed by atoms with Crippen LogP contribution in [-0.4, -0.2) is 18.7 Å². The minimum atomic E-state index is -0.222. The quantitative estimate of drug-likeness (QED) is 0.391. The number of carbonyl (C=O) groups is 1. The van der Waals surface area contributed by atoms with Crippen LogP contribution in [0.4, 0.5) is 0 Å². The molecule has 5 heteroatoms. The highest BCUT2D eigenvalue weighted by atomic mass is 127. The largest absolute Gasteiger partial charge is 0.496 e. The lowest BCUT2D eigenvalue weighted by atomic mass is 10.1. The predicted molar refractivity (Wildman–Crippen MR) is 106 cm³/mol. The number of methoxy groups -OCH3 is 1. The molecule has 0 unspecified atom stereocenters. The van der Waals surface area contributed by atoms with Crippen LogP contribution in [0.25, 0.3) is 0 Å². The summed E-state index contributed by atoms with van der Waals surface area (Å²) in [7, 11) is 1.61. The number of halogens is 1. The zero-order valence-electron chi connectivity index (χ0n) is 13.9. The van der Waals surface area contributed by atoms with Crippen molar-refractivity contribution in [3.8, 4) is 5.75 Å². The number of hydrogen-bond donors (Lipinski definition) is 1. The fraction of sp³-hybridized carbons (Fsp3) is 0.263. The molecular formula is C19H21IN2O2. The standard InChI is InChI=1S/C19H21IN2O2/c1-3-4-10-17(14-8-6-5-7-9-14)21-22-19(23)15-11-12-18(24-2)16(20)13-15/h5-9,11-13H,3-4,10H2,1-2H3,(H,22,23)/b21-17+. The molecule has 0 atom stereocenters. The van der Waals surface area contributed by atoms with Gasteiger partial charge in [-0.05, 0) is 59.2 Å². The number of hydrogen-bond acceptors (Lipinski definition) is 3. The highest BCUT2D eigenvalue weighted by Crippen LogP contribution is 2.21. The van der Waals surface area contributed by atoms with E-state index in [1.807, 2.05) is 30.3 Å². The Kier molecular flexibility index (Phi) is 7.24. The third-order valence-electron chi connectivity index (χ3n) is 3.58. The van der Waals surface area contributed by atoms with Gasteiger partial charge in [0.1, 0.15) is 5.75 Å². The summed E-state index contributed by atoms with van der Waals surface area (Å²) in [5.74, 6) is 0.532. The number of hydrazone groups is 1. The van der Waals surface area contributed by atoms with Crippen LogP contribution in [0.1, 0.15) is 42.1 Å². The summed E-state index contributed by atoms with van der Waals surface area (Å²) in [6, 6.07) is 15.3. The zero-order valence-corrected chi connectivity index (χ0v) is 16.0. The van der Waals surface area contributed by atoms with Crippen LogP contribution in [0.15, 0.2) is 53.6 Å². The van der Waals surface area contributed by atoms with E-state index < -0.39 is 0 Å². The molecule has 0 saturated heterocycles. The maximum absolute atomic E-state index is 12.3. The molecule has 0 aliphatic carbocycles. The van der Waals surface area contributed by atoms with E-state index in [1.54, 1.807) is 25.3 Å². The van der Waals surface area contributed by atoms with Crippen molar-refractivity contribution in [2.75, 3.05) is 7.11 Å². The maximum atomic E-state index is 12.3. The van der Waals surface area contributed by atoms with Gasteiger partial charge in [0.05, 0.1) is 16.4 Å². The molecule has 0 bridgehead atoms. The predicted octanol–water partition coefficient (Wildman–Crippen LogP) is 4.62. The highest BCUT2D eigenvalue weighted by Gasteiger charge is 2.09. The fourth-order valence-corrected chi connectivity index (χ4v) is 2.97. The molecule has 0 spiro atoms. The topological polar surface area (TPSA) is 50.7 Å². The van der Waals surface area contributed by atoms with Crippen molar-refractivity contribution in [1.82, 2.24) is 5.43 Å². The van der Waals surface area contributed by atoms with E-state index in [0.29, 0.717) is 5.56 Å². The molecule has 126 valence electrons. The molecule has 4 nitrogen and oxygen atoms in total. The maximum Gasteiger partial charge on any atom is 0.271 e. The number of carbonyl (C=O) groups excluding carboxylic acids is 1. The molecule has 0 aliphatic rings. The van der Waals surface area contributed by atoms with Crippen molar-refractivity contribution >= 4 is 34.2 Å². The summed E-state index contributed by atoms with van der Waals surface area (Å²) in [5, 5.41) is 4.36. The Morgan fingerprint density at radius 1 is 1.17 bits per heavy atom. The molecule has 0 heterocycles. The Bertz CT molecular complexity index is 715. The number of rotatable bonds is 7. The van der Waals surface area contributed by atoms with Gasteiger partial charge in [0.2, 0.25) is 0 Å². The van der Waals surface area contributed by atoms with E-state index in [1.165, 1.54) is 0 Å². The molecule has 0 radical (unpaired) electrons. The van der Waals surface area contributed by atoms with Crippen molar-refractivity contribution in [3.63, 3.8) is 0 Å². The van der Waals surface area contributed by atoms with Gasteiger partial charge in [-0.15, -0.1) is 0 Å². The van der Waals surface area contributed by atoms with Crippen LogP contribution in [0.2, 0.25) is 0 Å². The molecule has 0 saturated carbocycles. The zero-order chi connectivity index (χ0) is 17.4. The number of nitrogens with zero attached hydrogens (tertiary/aromatic N) is 1. The third-order valence-corrected chi connectivity index (χ3v) is 4.42. The van der Waals surface area contributed by atoms with Gasteiger partial charge in [-0.3, -0.25) is 4.79 Å². The molecule has 24 heavy (non-hydrogen) atoms. The third kappa shape index (κ3) is 5.06. The van der Waals surface area contributed by atoms with Crippen molar-refractivity contribution in [2.45, 2.75) is 26.2 Å². The first-order valence-electron chi connectivity index (χ1n) is 7.91. The summed E-state index contributed by atoms with van der Waals surface area (Å²) in [4.78, 5) is 12.3. The van der Waals surface area contributed by atoms with E-state index >= 15 is 0 Å². The minimum absolute atomic E-state index is 0.222. The van der Waals surface area contributed by atoms with E-state index in [0.717, 1.165) is 39.9 Å². The molecule has 0 aromatic heterocycles. The van der Waals surface area contributed by atoms with Crippen LogP contribution in [0.3, 0.4) is 0 Å². The normalized spacial score (nSPS) is 11.2. The SMILES string of the molecule is CCCC/C(=N\NC(=O)c1ccc(OC)c(I)c1)c1ccccc1. The molecule has 1 amide bonds. The molecule has 2 rings (SSSR count). The first kappa shape index (κ1) is 18.4. The summed E-state index contributed by atoms with van der Waals surface area (Å²) >= 11 is 2.15. The minimum Gasteiger partial charge on any atom is -0.496 e. The number of nitrogens with one attached hydrogen (secondary N) is 1. The number of benzene rings is 2. The van der Waals surface area contributed by atoms with Gasteiger partial charge in [-0.1, -0.05) is 43.7 Å². The Morgan fingerprint density at radius 2 is 1.92 bits per heavy atom. The van der Waals surface area contributed by atoms with Crippen molar-refractivity contribution in [2.24, 2.45) is 5.10 Å². The van der Waals surface area contributed by atoms with Crippen LogP contribution in [0, 0.1) is 3.57 Å². The summed E-state index contributed by atoms with van der Waals surface area (Å²) < 4.78 is 6.10. The van der Waals surface area contributed by atoms with Crippen molar-refractivity contribution in [1.29, 1.82) is 0 Å². The van der Waals surface area contributed by atoms with Gasteiger partial charge in [0, 0.05) is 5.56 Å². The van der Waals surface area contributed by atoms with Gasteiger partial charge >= 0.3 is 0 Å². The van der Waals surface area contributed by atoms with Crippen LogP contribution >= 0.6 is 22.6 Å². The Morgan fingerprint density at radius 3 is 2.54 bits per heavy atom. The molecule has 0 fully saturated rings. The smallest absolute Gasteiger partial charge is 0.271 e. The number of amides is 1. The average Bonchev–Trinajstić information content (AvgIpc) is 2.62. The number of ether oxygens (including phenoxy) is 1. The van der Waals surface area contributed by atoms with E-state index in [9.17, 15) is 4.79 Å². The monoisotopic (exact) mass is 436 g/mol. The fourth-order valence-electron chi connectivity index (χ4n) is 2.23. The Labute approximate surface area is 156 Å². The molecule has 2 aromatic rings. The second-order valence-electron chi connectivity index (χ2n) is 5.32. The Balaban J connectivity index is 2.15. The molecular weight excluding hydrogens is 415 g/mol. The van der Waals surface area contributed by atoms with Crippen LogP contribution in [-0.2, 0) is 0 Å². The van der Waals surface area contributed by atoms with Gasteiger partial charge in [0.25, 0.3) is 5.91 Å². The van der Waals surface area contributed by atoms with E-state index in [4.69, 9.17) is 4.74 Å². The summed E-state index contributed by atoms with van der Waals surface area (Å²) in [6.45, 7) is 2.14. The molecule has 1 N–H and O–H groups in total. The average molecular weight is 436 g/mol. The second kappa shape index (κ2) is 9.42. The lowest BCUT2D eigenvalue weighted by Crippen LogP contribution is -2.20. The van der Waals surface area contributed by atoms with Crippen LogP contribution in [0.5, 0.6) is 5.75 Å². The first-order valence-corrected chi connectivity index (χ1v) is 8.99. The lowest BCUT2D eigenvalue weighted by Gasteiger charge is -2.08. The summed E-state index contributed by atoms with van der Waals surface area (Å²) in [6.07, 6.45) is 2.95. The molecule has 2 aromatic carbocycles. The van der Waals surface area contributed by atoms with Crippen molar-refractivity contribution in [3.05, 3.63) is 63.2 Å².